The summed E-state index contributed by atoms with van der Waals surface area (Å²) in [6.07, 6.45) is 1.54. The van der Waals surface area contributed by atoms with Gasteiger partial charge in [0, 0.05) is 23.0 Å². The molecule has 0 amide bonds. The molecular formula is C21H18ClNO3S. The number of halogens is 1. The number of ether oxygens (including phenoxy) is 2. The van der Waals surface area contributed by atoms with E-state index in [-0.39, 0.29) is 11.2 Å². The lowest BCUT2D eigenvalue weighted by atomic mass is 10.0. The third-order valence-electron chi connectivity index (χ3n) is 4.52. The van der Waals surface area contributed by atoms with Crippen molar-refractivity contribution in [2.45, 2.75) is 23.2 Å². The number of nitrogens with zero attached hydrogens (tertiary/aromatic N) is 1. The third kappa shape index (κ3) is 3.45. The number of thioether (sulfide) groups is 1. The highest BCUT2D eigenvalue weighted by atomic mass is 35.5. The van der Waals surface area contributed by atoms with E-state index in [0.29, 0.717) is 5.02 Å². The molecule has 2 aromatic carbocycles. The highest BCUT2D eigenvalue weighted by molar-refractivity contribution is 7.99. The fourth-order valence-corrected chi connectivity index (χ4v) is 4.79. The summed E-state index contributed by atoms with van der Waals surface area (Å²) in [4.78, 5) is 13.0. The number of fused-ring (bicyclic) bond motifs is 3. The average molecular weight is 400 g/mol. The number of methoxy groups -OCH3 is 1. The second-order valence-corrected chi connectivity index (χ2v) is 7.88. The van der Waals surface area contributed by atoms with Crippen molar-refractivity contribution in [1.29, 1.82) is 0 Å². The van der Waals surface area contributed by atoms with Crippen LogP contribution in [0, 0.1) is 0 Å². The third-order valence-corrected chi connectivity index (χ3v) is 6.13. The Hall–Kier alpha value is -2.37. The molecule has 3 aromatic rings. The standard InChI is InChI=1S/C21H18ClNO3S/c1-13(24)26-20-17-4-3-11-23(17)18-12-15(22)7-10-19(18)27-21(20)14-5-8-16(25-2)9-6-14/h3-12,20-21H,1-2H3/t20-,21-/m0/s1. The van der Waals surface area contributed by atoms with Gasteiger partial charge in [-0.2, -0.15) is 0 Å². The number of rotatable bonds is 3. The molecule has 1 aliphatic rings. The van der Waals surface area contributed by atoms with Crippen LogP contribution in [0.1, 0.15) is 29.5 Å². The van der Waals surface area contributed by atoms with E-state index in [1.165, 1.54) is 6.92 Å². The molecule has 0 unspecified atom stereocenters. The monoisotopic (exact) mass is 399 g/mol. The number of aromatic nitrogens is 1. The van der Waals surface area contributed by atoms with Crippen LogP contribution < -0.4 is 4.74 Å². The zero-order valence-corrected chi connectivity index (χ0v) is 16.5. The lowest BCUT2D eigenvalue weighted by molar-refractivity contribution is -0.147. The van der Waals surface area contributed by atoms with Gasteiger partial charge in [0.1, 0.15) is 5.75 Å². The minimum atomic E-state index is -0.429. The van der Waals surface area contributed by atoms with E-state index >= 15 is 0 Å². The summed E-state index contributed by atoms with van der Waals surface area (Å²) in [5, 5.41) is 0.566. The van der Waals surface area contributed by atoms with Crippen molar-refractivity contribution in [2.75, 3.05) is 7.11 Å². The van der Waals surface area contributed by atoms with Crippen molar-refractivity contribution < 1.29 is 14.3 Å². The van der Waals surface area contributed by atoms with E-state index in [9.17, 15) is 4.79 Å². The van der Waals surface area contributed by atoms with Crippen molar-refractivity contribution in [3.8, 4) is 11.4 Å². The first kappa shape index (κ1) is 18.0. The van der Waals surface area contributed by atoms with Gasteiger partial charge in [0.05, 0.1) is 23.7 Å². The quantitative estimate of drug-likeness (QED) is 0.538. The maximum absolute atomic E-state index is 11.9. The van der Waals surface area contributed by atoms with Gasteiger partial charge in [0.25, 0.3) is 0 Å². The molecule has 2 heterocycles. The summed E-state index contributed by atoms with van der Waals surface area (Å²) in [6, 6.07) is 17.7. The highest BCUT2D eigenvalue weighted by Crippen LogP contribution is 2.51. The topological polar surface area (TPSA) is 40.5 Å². The smallest absolute Gasteiger partial charge is 0.303 e. The van der Waals surface area contributed by atoms with Gasteiger partial charge in [-0.25, -0.2) is 0 Å². The maximum Gasteiger partial charge on any atom is 0.303 e. The number of benzene rings is 2. The van der Waals surface area contributed by atoms with Crippen LogP contribution in [0.15, 0.2) is 65.7 Å². The first-order chi connectivity index (χ1) is 13.1. The van der Waals surface area contributed by atoms with Crippen molar-refractivity contribution in [3.05, 3.63) is 77.1 Å². The molecule has 6 heteroatoms. The van der Waals surface area contributed by atoms with Gasteiger partial charge in [-0.1, -0.05) is 23.7 Å². The zero-order chi connectivity index (χ0) is 19.0. The SMILES string of the molecule is COc1ccc([C@@H]2Sc3ccc(Cl)cc3-n3cccc3[C@@H]2OC(C)=O)cc1. The molecule has 27 heavy (non-hydrogen) atoms. The number of esters is 1. The summed E-state index contributed by atoms with van der Waals surface area (Å²) in [5.41, 5.74) is 2.96. The maximum atomic E-state index is 11.9. The Kier molecular flexibility index (Phi) is 4.89. The molecule has 1 aliphatic heterocycles. The van der Waals surface area contributed by atoms with Crippen LogP contribution in [0.4, 0.5) is 0 Å². The Morgan fingerprint density at radius 1 is 1.15 bits per heavy atom. The Labute approximate surface area is 167 Å². The lowest BCUT2D eigenvalue weighted by Crippen LogP contribution is -2.16. The predicted octanol–water partition coefficient (Wildman–Crippen LogP) is 5.59. The van der Waals surface area contributed by atoms with Gasteiger partial charge in [-0.3, -0.25) is 4.79 Å². The van der Waals surface area contributed by atoms with Gasteiger partial charge < -0.3 is 14.0 Å². The van der Waals surface area contributed by atoms with Crippen LogP contribution >= 0.6 is 23.4 Å². The van der Waals surface area contributed by atoms with Crippen molar-refractivity contribution >= 4 is 29.3 Å². The fraction of sp³-hybridized carbons (Fsp3) is 0.190. The van der Waals surface area contributed by atoms with Crippen LogP contribution in [-0.2, 0) is 9.53 Å². The van der Waals surface area contributed by atoms with Gasteiger partial charge >= 0.3 is 5.97 Å². The fourth-order valence-electron chi connectivity index (χ4n) is 3.31. The van der Waals surface area contributed by atoms with Crippen LogP contribution in [0.5, 0.6) is 5.75 Å². The van der Waals surface area contributed by atoms with E-state index < -0.39 is 6.10 Å². The summed E-state index contributed by atoms with van der Waals surface area (Å²) < 4.78 is 13.1. The van der Waals surface area contributed by atoms with Crippen LogP contribution in [0.25, 0.3) is 5.69 Å². The molecule has 0 saturated heterocycles. The molecule has 138 valence electrons. The van der Waals surface area contributed by atoms with Crippen molar-refractivity contribution in [3.63, 3.8) is 0 Å². The number of hydrogen-bond donors (Lipinski definition) is 0. The summed E-state index contributed by atoms with van der Waals surface area (Å²) in [5.74, 6) is 0.479. The molecule has 1 aromatic heterocycles. The first-order valence-electron chi connectivity index (χ1n) is 8.52. The highest BCUT2D eigenvalue weighted by Gasteiger charge is 2.34. The van der Waals surface area contributed by atoms with Crippen LogP contribution in [-0.4, -0.2) is 17.6 Å². The van der Waals surface area contributed by atoms with Crippen LogP contribution in [0.3, 0.4) is 0 Å². The Morgan fingerprint density at radius 3 is 2.63 bits per heavy atom. The number of carbonyl (C=O) groups is 1. The normalized spacial score (nSPS) is 18.2. The average Bonchev–Trinajstić information content (AvgIpc) is 3.11. The van der Waals surface area contributed by atoms with Crippen molar-refractivity contribution in [2.24, 2.45) is 0 Å². The van der Waals surface area contributed by atoms with Gasteiger partial charge in [-0.15, -0.1) is 11.8 Å². The predicted molar refractivity (Wildman–Crippen MR) is 107 cm³/mol. The molecule has 0 radical (unpaired) electrons. The molecule has 4 rings (SSSR count). The molecular weight excluding hydrogens is 382 g/mol. The number of carbonyl (C=O) groups excluding carboxylic acids is 1. The van der Waals surface area contributed by atoms with E-state index in [4.69, 9.17) is 21.1 Å². The van der Waals surface area contributed by atoms with Crippen LogP contribution in [0.2, 0.25) is 5.02 Å². The first-order valence-corrected chi connectivity index (χ1v) is 9.77. The van der Waals surface area contributed by atoms with E-state index in [1.54, 1.807) is 18.9 Å². The Balaban J connectivity index is 1.88. The molecule has 0 N–H and O–H groups in total. The molecule has 0 aliphatic carbocycles. The molecule has 0 saturated carbocycles. The van der Waals surface area contributed by atoms with E-state index in [0.717, 1.165) is 27.6 Å². The Morgan fingerprint density at radius 2 is 1.93 bits per heavy atom. The number of hydrogen-bond acceptors (Lipinski definition) is 4. The Bertz CT molecular complexity index is 983. The summed E-state index contributed by atoms with van der Waals surface area (Å²) in [6.45, 7) is 1.44. The largest absolute Gasteiger partial charge is 0.497 e. The molecule has 0 bridgehead atoms. The minimum absolute atomic E-state index is 0.101. The summed E-state index contributed by atoms with van der Waals surface area (Å²) >= 11 is 7.92. The van der Waals surface area contributed by atoms with Gasteiger partial charge in [-0.05, 0) is 48.0 Å². The molecule has 0 fully saturated rings. The molecule has 4 nitrogen and oxygen atoms in total. The minimum Gasteiger partial charge on any atom is -0.497 e. The van der Waals surface area contributed by atoms with E-state index in [1.807, 2.05) is 65.4 Å². The van der Waals surface area contributed by atoms with Gasteiger partial charge in [0.15, 0.2) is 6.10 Å². The van der Waals surface area contributed by atoms with Crippen molar-refractivity contribution in [1.82, 2.24) is 4.57 Å². The second kappa shape index (κ2) is 7.33. The zero-order valence-electron chi connectivity index (χ0n) is 14.9. The molecule has 0 spiro atoms. The van der Waals surface area contributed by atoms with Gasteiger partial charge in [0.2, 0.25) is 0 Å². The summed E-state index contributed by atoms with van der Waals surface area (Å²) in [7, 11) is 1.64. The second-order valence-electron chi connectivity index (χ2n) is 6.26. The van der Waals surface area contributed by atoms with E-state index in [2.05, 4.69) is 0 Å². The molecule has 2 atom stereocenters. The lowest BCUT2D eigenvalue weighted by Gasteiger charge is -2.25.